The minimum absolute atomic E-state index is 0.0467. The minimum atomic E-state index is -0.949. The Morgan fingerprint density at radius 2 is 1.73 bits per heavy atom. The number of nitrogens with zero attached hydrogens (tertiary/aromatic N) is 3. The zero-order valence-corrected chi connectivity index (χ0v) is 23.2. The van der Waals surface area contributed by atoms with Crippen LogP contribution >= 0.6 is 11.3 Å². The van der Waals surface area contributed by atoms with Crippen LogP contribution in [0.5, 0.6) is 17.2 Å². The van der Waals surface area contributed by atoms with Crippen LogP contribution in [-0.4, -0.2) is 53.0 Å². The molecule has 0 bridgehead atoms. The maximum absolute atomic E-state index is 14.2. The first kappa shape index (κ1) is 26.9. The number of hydrogen-bond acceptors (Lipinski definition) is 9. The lowest BCUT2D eigenvalue weighted by atomic mass is 9.94. The predicted molar refractivity (Wildman–Crippen MR) is 150 cm³/mol. The molecule has 0 saturated heterocycles. The van der Waals surface area contributed by atoms with Gasteiger partial charge >= 0.3 is 0 Å². The third-order valence-electron chi connectivity index (χ3n) is 6.65. The second-order valence-corrected chi connectivity index (χ2v) is 10.0. The van der Waals surface area contributed by atoms with Crippen molar-refractivity contribution in [2.45, 2.75) is 19.5 Å². The number of amides is 1. The molecule has 10 heteroatoms. The summed E-state index contributed by atoms with van der Waals surface area (Å²) in [5, 5.41) is 11.9. The van der Waals surface area contributed by atoms with E-state index in [1.54, 1.807) is 37.5 Å². The van der Waals surface area contributed by atoms with Crippen molar-refractivity contribution in [1.29, 1.82) is 0 Å². The number of pyridine rings is 1. The van der Waals surface area contributed by atoms with Crippen molar-refractivity contribution < 1.29 is 28.9 Å². The summed E-state index contributed by atoms with van der Waals surface area (Å²) >= 11 is 1.22. The van der Waals surface area contributed by atoms with Gasteiger partial charge in [0, 0.05) is 24.5 Å². The van der Waals surface area contributed by atoms with Crippen molar-refractivity contribution >= 4 is 23.0 Å². The Kier molecular flexibility index (Phi) is 7.52. The molecule has 0 fully saturated rings. The maximum atomic E-state index is 14.2. The van der Waals surface area contributed by atoms with Crippen molar-refractivity contribution in [3.8, 4) is 27.8 Å². The van der Waals surface area contributed by atoms with E-state index in [4.69, 9.17) is 14.2 Å². The number of hydrogen-bond donors (Lipinski definition) is 1. The van der Waals surface area contributed by atoms with Crippen molar-refractivity contribution in [2.24, 2.45) is 0 Å². The lowest BCUT2D eigenvalue weighted by molar-refractivity contribution is -0.130. The van der Waals surface area contributed by atoms with Gasteiger partial charge in [-0.05, 0) is 36.2 Å². The van der Waals surface area contributed by atoms with E-state index in [2.05, 4.69) is 9.97 Å². The number of ketones is 1. The fourth-order valence-corrected chi connectivity index (χ4v) is 5.80. The molecule has 1 amide bonds. The SMILES string of the molecule is COc1cc(C2C(C(=O)c3sc(-c4ccccc4)nc3C)=C(O)C(=O)N2Cc2cccnc2)cc(OC)c1OC. The molecule has 5 rings (SSSR count). The van der Waals surface area contributed by atoms with E-state index >= 15 is 0 Å². The summed E-state index contributed by atoms with van der Waals surface area (Å²) < 4.78 is 16.6. The molecule has 2 aromatic heterocycles. The van der Waals surface area contributed by atoms with Crippen molar-refractivity contribution in [2.75, 3.05) is 21.3 Å². The van der Waals surface area contributed by atoms with Gasteiger partial charge in [-0.1, -0.05) is 36.4 Å². The topological polar surface area (TPSA) is 111 Å². The van der Waals surface area contributed by atoms with E-state index < -0.39 is 23.5 Å². The number of ether oxygens (including phenoxy) is 3. The van der Waals surface area contributed by atoms with E-state index in [9.17, 15) is 14.7 Å². The lowest BCUT2D eigenvalue weighted by Crippen LogP contribution is -2.30. The number of benzene rings is 2. The fraction of sp³-hybridized carbons (Fsp3) is 0.200. The second-order valence-electron chi connectivity index (χ2n) is 9.05. The Hall–Kier alpha value is -4.70. The summed E-state index contributed by atoms with van der Waals surface area (Å²) in [6.45, 7) is 1.85. The summed E-state index contributed by atoms with van der Waals surface area (Å²) in [5.74, 6) is -0.689. The van der Waals surface area contributed by atoms with E-state index in [1.807, 2.05) is 36.4 Å². The quantitative estimate of drug-likeness (QED) is 0.276. The summed E-state index contributed by atoms with van der Waals surface area (Å²) in [6, 6.07) is 15.5. The number of rotatable bonds is 9. The average Bonchev–Trinajstić information content (AvgIpc) is 3.50. The van der Waals surface area contributed by atoms with Crippen LogP contribution in [0.4, 0.5) is 0 Å². The van der Waals surface area contributed by atoms with Crippen molar-refractivity contribution in [3.63, 3.8) is 0 Å². The highest BCUT2D eigenvalue weighted by Crippen LogP contribution is 2.46. The molecule has 1 unspecified atom stereocenters. The number of carbonyl (C=O) groups excluding carboxylic acids is 2. The van der Waals surface area contributed by atoms with Crippen LogP contribution in [0.25, 0.3) is 10.6 Å². The minimum Gasteiger partial charge on any atom is -0.503 e. The van der Waals surface area contributed by atoms with Gasteiger partial charge in [-0.25, -0.2) is 4.98 Å². The van der Waals surface area contributed by atoms with Gasteiger partial charge in [-0.15, -0.1) is 11.3 Å². The molecule has 1 atom stereocenters. The summed E-state index contributed by atoms with van der Waals surface area (Å²) in [5.41, 5.74) is 2.57. The molecular formula is C30H27N3O6S. The fourth-order valence-electron chi connectivity index (χ4n) is 4.78. The van der Waals surface area contributed by atoms with E-state index in [0.717, 1.165) is 11.1 Å². The summed E-state index contributed by atoms with van der Waals surface area (Å²) in [6.07, 6.45) is 3.27. The Morgan fingerprint density at radius 3 is 2.33 bits per heavy atom. The number of thiazole rings is 1. The monoisotopic (exact) mass is 557 g/mol. The molecule has 1 N–H and O–H groups in total. The van der Waals surface area contributed by atoms with Gasteiger partial charge < -0.3 is 24.2 Å². The van der Waals surface area contributed by atoms with Gasteiger partial charge in [-0.3, -0.25) is 14.6 Å². The number of aliphatic hydroxyl groups is 1. The van der Waals surface area contributed by atoms with E-state index in [-0.39, 0.29) is 12.1 Å². The highest BCUT2D eigenvalue weighted by Gasteiger charge is 2.45. The highest BCUT2D eigenvalue weighted by atomic mass is 32.1. The largest absolute Gasteiger partial charge is 0.503 e. The zero-order chi connectivity index (χ0) is 28.4. The smallest absolute Gasteiger partial charge is 0.290 e. The molecule has 4 aromatic rings. The second kappa shape index (κ2) is 11.2. The molecular weight excluding hydrogens is 530 g/mol. The molecule has 40 heavy (non-hydrogen) atoms. The molecule has 0 aliphatic carbocycles. The molecule has 0 saturated carbocycles. The Bertz CT molecular complexity index is 1580. The van der Waals surface area contributed by atoms with Crippen LogP contribution in [0.3, 0.4) is 0 Å². The van der Waals surface area contributed by atoms with Crippen molar-refractivity contribution in [3.05, 3.63) is 100 Å². The Balaban J connectivity index is 1.65. The molecule has 0 spiro atoms. The molecule has 1 aliphatic heterocycles. The highest BCUT2D eigenvalue weighted by molar-refractivity contribution is 7.17. The molecule has 1 aliphatic rings. The first-order chi connectivity index (χ1) is 19.4. The summed E-state index contributed by atoms with van der Waals surface area (Å²) in [7, 11) is 4.46. The van der Waals surface area contributed by atoms with Crippen LogP contribution in [0.1, 0.15) is 32.5 Å². The van der Waals surface area contributed by atoms with Crippen LogP contribution in [0, 0.1) is 6.92 Å². The van der Waals surface area contributed by atoms with Gasteiger partial charge in [-0.2, -0.15) is 0 Å². The molecule has 2 aromatic carbocycles. The maximum Gasteiger partial charge on any atom is 0.290 e. The number of methoxy groups -OCH3 is 3. The average molecular weight is 558 g/mol. The zero-order valence-electron chi connectivity index (χ0n) is 22.4. The van der Waals surface area contributed by atoms with Crippen LogP contribution < -0.4 is 14.2 Å². The van der Waals surface area contributed by atoms with Crippen LogP contribution in [0.2, 0.25) is 0 Å². The Morgan fingerprint density at radius 1 is 1.02 bits per heavy atom. The standard InChI is InChI=1S/C30H27N3O6S/c1-17-28(40-29(32-17)19-10-6-5-7-11-19)25(34)23-24(20-13-21(37-2)27(39-4)22(14-20)38-3)33(30(36)26(23)35)16-18-9-8-12-31-15-18/h5-15,24,35H,16H2,1-4H3. The van der Waals surface area contributed by atoms with Crippen LogP contribution in [0.15, 0.2) is 78.3 Å². The van der Waals surface area contributed by atoms with Gasteiger partial charge in [0.2, 0.25) is 11.5 Å². The van der Waals surface area contributed by atoms with Crippen molar-refractivity contribution in [1.82, 2.24) is 14.9 Å². The normalized spacial score (nSPS) is 14.9. The number of Topliss-reactive ketones (excluding diaryl/α,β-unsaturated/α-hetero) is 1. The number of carbonyl (C=O) groups is 2. The molecule has 0 radical (unpaired) electrons. The lowest BCUT2D eigenvalue weighted by Gasteiger charge is -2.28. The predicted octanol–water partition coefficient (Wildman–Crippen LogP) is 5.32. The molecule has 3 heterocycles. The van der Waals surface area contributed by atoms with Gasteiger partial charge in [0.25, 0.3) is 5.91 Å². The Labute approximate surface area is 235 Å². The third kappa shape index (κ3) is 4.77. The van der Waals surface area contributed by atoms with E-state index in [1.165, 1.54) is 37.6 Å². The van der Waals surface area contributed by atoms with Gasteiger partial charge in [0.05, 0.1) is 43.5 Å². The van der Waals surface area contributed by atoms with Crippen LogP contribution in [-0.2, 0) is 11.3 Å². The van der Waals surface area contributed by atoms with Gasteiger partial charge in [0.1, 0.15) is 5.01 Å². The number of aromatic nitrogens is 2. The number of aliphatic hydroxyl groups excluding tert-OH is 1. The summed E-state index contributed by atoms with van der Waals surface area (Å²) in [4.78, 5) is 38.2. The third-order valence-corrected chi connectivity index (χ3v) is 7.86. The molecule has 204 valence electrons. The van der Waals surface area contributed by atoms with Gasteiger partial charge in [0.15, 0.2) is 17.3 Å². The number of aryl methyl sites for hydroxylation is 1. The first-order valence-corrected chi connectivity index (χ1v) is 13.2. The molecule has 9 nitrogen and oxygen atoms in total. The van der Waals surface area contributed by atoms with E-state index in [0.29, 0.717) is 38.4 Å². The first-order valence-electron chi connectivity index (χ1n) is 12.4.